The molecule has 0 unspecified atom stereocenters. The molecule has 7 heteroatoms. The number of benzene rings is 4. The molecule has 214 valence electrons. The molecule has 1 aliphatic rings. The first-order valence-corrected chi connectivity index (χ1v) is 14.1. The summed E-state index contributed by atoms with van der Waals surface area (Å²) in [5.41, 5.74) is 5.62. The summed E-state index contributed by atoms with van der Waals surface area (Å²) in [7, 11) is 5.74. The Labute approximate surface area is 243 Å². The molecule has 0 N–H and O–H groups in total. The van der Waals surface area contributed by atoms with Crippen molar-refractivity contribution in [1.29, 1.82) is 0 Å². The molecule has 1 heterocycles. The van der Waals surface area contributed by atoms with Crippen molar-refractivity contribution in [1.82, 2.24) is 0 Å². The summed E-state index contributed by atoms with van der Waals surface area (Å²) in [4.78, 5) is 6.73. The minimum absolute atomic E-state index is 0.444. The minimum atomic E-state index is 0.444. The number of nitrogens with zero attached hydrogens (tertiary/aromatic N) is 3. The van der Waals surface area contributed by atoms with Gasteiger partial charge < -0.3 is 33.6 Å². The van der Waals surface area contributed by atoms with Crippen LogP contribution in [0.1, 0.15) is 5.56 Å². The molecule has 5 rings (SSSR count). The van der Waals surface area contributed by atoms with Crippen molar-refractivity contribution >= 4 is 22.7 Å². The van der Waals surface area contributed by atoms with Crippen LogP contribution < -0.4 is 28.9 Å². The SMILES string of the molecule is COc1cccc(CN(c2ccc(N3CCOCC3)cc2)c2cccc(OCCOc3cccc(N(C)C)c3)c2)c1. The van der Waals surface area contributed by atoms with Crippen molar-refractivity contribution in [3.8, 4) is 17.2 Å². The normalized spacial score (nSPS) is 13.0. The molecule has 4 aromatic carbocycles. The maximum atomic E-state index is 6.12. The van der Waals surface area contributed by atoms with E-state index < -0.39 is 0 Å². The molecule has 1 aliphatic heterocycles. The van der Waals surface area contributed by atoms with Crippen LogP contribution in [0.5, 0.6) is 17.2 Å². The Morgan fingerprint density at radius 2 is 1.29 bits per heavy atom. The van der Waals surface area contributed by atoms with Gasteiger partial charge in [0.1, 0.15) is 30.5 Å². The Bertz CT molecular complexity index is 1390. The zero-order valence-electron chi connectivity index (χ0n) is 24.2. The summed E-state index contributed by atoms with van der Waals surface area (Å²) in [5, 5.41) is 0. The lowest BCUT2D eigenvalue weighted by atomic mass is 10.1. The summed E-state index contributed by atoms with van der Waals surface area (Å²) in [6, 6.07) is 33.3. The van der Waals surface area contributed by atoms with Crippen molar-refractivity contribution in [2.45, 2.75) is 6.54 Å². The molecule has 0 aromatic heterocycles. The Kier molecular flexibility index (Phi) is 9.49. The van der Waals surface area contributed by atoms with E-state index in [1.165, 1.54) is 5.69 Å². The molecule has 0 spiro atoms. The quantitative estimate of drug-likeness (QED) is 0.188. The van der Waals surface area contributed by atoms with Crippen LogP contribution in [0, 0.1) is 0 Å². The van der Waals surface area contributed by atoms with Gasteiger partial charge in [-0.15, -0.1) is 0 Å². The highest BCUT2D eigenvalue weighted by Crippen LogP contribution is 2.32. The standard InChI is InChI=1S/C34H39N3O4/c1-35(2)30-8-5-11-33(24-30)40-21-22-41-34-12-6-9-31(25-34)37(26-27-7-4-10-32(23-27)38-3)29-15-13-28(14-16-29)36-17-19-39-20-18-36/h4-16,23-25H,17-22,26H2,1-3H3. The number of hydrogen-bond acceptors (Lipinski definition) is 7. The molecule has 7 nitrogen and oxygen atoms in total. The van der Waals surface area contributed by atoms with E-state index in [1.54, 1.807) is 7.11 Å². The molecule has 1 fully saturated rings. The molecule has 0 amide bonds. The first-order valence-electron chi connectivity index (χ1n) is 14.1. The Morgan fingerprint density at radius 1 is 0.683 bits per heavy atom. The smallest absolute Gasteiger partial charge is 0.122 e. The predicted molar refractivity (Wildman–Crippen MR) is 167 cm³/mol. The number of hydrogen-bond donors (Lipinski definition) is 0. The van der Waals surface area contributed by atoms with Crippen LogP contribution in [0.3, 0.4) is 0 Å². The van der Waals surface area contributed by atoms with Crippen LogP contribution in [0.15, 0.2) is 97.1 Å². The molecule has 0 saturated carbocycles. The van der Waals surface area contributed by atoms with Gasteiger partial charge in [-0.05, 0) is 66.2 Å². The molecule has 1 saturated heterocycles. The second-order valence-electron chi connectivity index (χ2n) is 10.1. The van der Waals surface area contributed by atoms with Crippen molar-refractivity contribution in [2.75, 3.05) is 75.4 Å². The third-order valence-electron chi connectivity index (χ3n) is 7.10. The van der Waals surface area contributed by atoms with Gasteiger partial charge in [-0.3, -0.25) is 0 Å². The molecule has 41 heavy (non-hydrogen) atoms. The molecular formula is C34H39N3O4. The lowest BCUT2D eigenvalue weighted by Gasteiger charge is -2.30. The monoisotopic (exact) mass is 553 g/mol. The van der Waals surface area contributed by atoms with Gasteiger partial charge in [0.15, 0.2) is 0 Å². The number of methoxy groups -OCH3 is 1. The molecule has 0 bridgehead atoms. The zero-order chi connectivity index (χ0) is 28.4. The van der Waals surface area contributed by atoms with E-state index in [-0.39, 0.29) is 0 Å². The second kappa shape index (κ2) is 13.8. The Hall–Kier alpha value is -4.36. The van der Waals surface area contributed by atoms with E-state index in [4.69, 9.17) is 18.9 Å². The van der Waals surface area contributed by atoms with Crippen LogP contribution in [-0.4, -0.2) is 60.7 Å². The van der Waals surface area contributed by atoms with E-state index in [1.807, 2.05) is 56.6 Å². The zero-order valence-corrected chi connectivity index (χ0v) is 24.2. The average Bonchev–Trinajstić information content (AvgIpc) is 3.03. The highest BCUT2D eigenvalue weighted by Gasteiger charge is 2.15. The highest BCUT2D eigenvalue weighted by molar-refractivity contribution is 5.67. The van der Waals surface area contributed by atoms with Gasteiger partial charge in [0.05, 0.1) is 20.3 Å². The van der Waals surface area contributed by atoms with Crippen molar-refractivity contribution in [2.24, 2.45) is 0 Å². The molecule has 4 aromatic rings. The Morgan fingerprint density at radius 3 is 1.95 bits per heavy atom. The first kappa shape index (κ1) is 28.2. The van der Waals surface area contributed by atoms with Crippen molar-refractivity contribution in [3.63, 3.8) is 0 Å². The summed E-state index contributed by atoms with van der Waals surface area (Å²) >= 11 is 0. The maximum absolute atomic E-state index is 6.12. The lowest BCUT2D eigenvalue weighted by Crippen LogP contribution is -2.36. The maximum Gasteiger partial charge on any atom is 0.122 e. The molecule has 0 radical (unpaired) electrons. The van der Waals surface area contributed by atoms with Gasteiger partial charge in [-0.2, -0.15) is 0 Å². The predicted octanol–water partition coefficient (Wildman–Crippen LogP) is 6.39. The summed E-state index contributed by atoms with van der Waals surface area (Å²) < 4.78 is 23.1. The fraction of sp³-hybridized carbons (Fsp3) is 0.294. The molecule has 0 aliphatic carbocycles. The summed E-state index contributed by atoms with van der Waals surface area (Å²) in [5.74, 6) is 2.48. The number of anilines is 4. The van der Waals surface area contributed by atoms with E-state index in [0.717, 1.165) is 66.2 Å². The average molecular weight is 554 g/mol. The fourth-order valence-electron chi connectivity index (χ4n) is 4.86. The van der Waals surface area contributed by atoms with Gasteiger partial charge in [0.2, 0.25) is 0 Å². The summed E-state index contributed by atoms with van der Waals surface area (Å²) in [6.45, 7) is 4.95. The van der Waals surface area contributed by atoms with Gasteiger partial charge >= 0.3 is 0 Å². The fourth-order valence-corrected chi connectivity index (χ4v) is 4.86. The lowest BCUT2D eigenvalue weighted by molar-refractivity contribution is 0.122. The molecular weight excluding hydrogens is 514 g/mol. The highest BCUT2D eigenvalue weighted by atomic mass is 16.5. The topological polar surface area (TPSA) is 46.6 Å². The van der Waals surface area contributed by atoms with E-state index in [0.29, 0.717) is 19.8 Å². The van der Waals surface area contributed by atoms with Crippen molar-refractivity contribution in [3.05, 3.63) is 103 Å². The Balaban J connectivity index is 1.31. The second-order valence-corrected chi connectivity index (χ2v) is 10.1. The summed E-state index contributed by atoms with van der Waals surface area (Å²) in [6.07, 6.45) is 0. The molecule has 0 atom stereocenters. The van der Waals surface area contributed by atoms with E-state index in [2.05, 4.69) is 69.3 Å². The van der Waals surface area contributed by atoms with Gasteiger partial charge in [0, 0.05) is 68.6 Å². The largest absolute Gasteiger partial charge is 0.497 e. The number of ether oxygens (including phenoxy) is 4. The van der Waals surface area contributed by atoms with Gasteiger partial charge in [-0.25, -0.2) is 0 Å². The van der Waals surface area contributed by atoms with Crippen LogP contribution in [0.2, 0.25) is 0 Å². The van der Waals surface area contributed by atoms with E-state index >= 15 is 0 Å². The minimum Gasteiger partial charge on any atom is -0.497 e. The first-order chi connectivity index (χ1) is 20.1. The van der Waals surface area contributed by atoms with Gasteiger partial charge in [-0.1, -0.05) is 24.3 Å². The number of rotatable bonds is 12. The van der Waals surface area contributed by atoms with Crippen molar-refractivity contribution < 1.29 is 18.9 Å². The van der Waals surface area contributed by atoms with Crippen LogP contribution in [0.25, 0.3) is 0 Å². The van der Waals surface area contributed by atoms with Crippen LogP contribution >= 0.6 is 0 Å². The van der Waals surface area contributed by atoms with Gasteiger partial charge in [0.25, 0.3) is 0 Å². The van der Waals surface area contributed by atoms with Crippen LogP contribution in [-0.2, 0) is 11.3 Å². The third kappa shape index (κ3) is 7.64. The van der Waals surface area contributed by atoms with Crippen LogP contribution in [0.4, 0.5) is 22.7 Å². The third-order valence-corrected chi connectivity index (χ3v) is 7.10. The number of morpholine rings is 1. The van der Waals surface area contributed by atoms with E-state index in [9.17, 15) is 0 Å².